The van der Waals surface area contributed by atoms with Gasteiger partial charge in [-0.3, -0.25) is 0 Å². The van der Waals surface area contributed by atoms with Gasteiger partial charge in [0.05, 0.1) is 36.9 Å². The van der Waals surface area contributed by atoms with E-state index in [-0.39, 0.29) is 25.1 Å². The molecule has 2 fully saturated rings. The van der Waals surface area contributed by atoms with Gasteiger partial charge in [0.1, 0.15) is 5.82 Å². The zero-order chi connectivity index (χ0) is 19.7. The van der Waals surface area contributed by atoms with Gasteiger partial charge in [-0.1, -0.05) is 0 Å². The lowest BCUT2D eigenvalue weighted by molar-refractivity contribution is 0.119. The number of hydrogen-bond donors (Lipinski definition) is 3. The van der Waals surface area contributed by atoms with Crippen LogP contribution in [0.5, 0.6) is 0 Å². The number of nitrogens with one attached hydrogen (secondary N) is 1. The van der Waals surface area contributed by atoms with E-state index in [9.17, 15) is 15.0 Å². The molecule has 0 saturated carbocycles. The molecule has 3 aliphatic heterocycles. The smallest absolute Gasteiger partial charge is 0.407 e. The van der Waals surface area contributed by atoms with Crippen LogP contribution in [0.15, 0.2) is 0 Å². The van der Waals surface area contributed by atoms with E-state index in [1.807, 2.05) is 0 Å². The van der Waals surface area contributed by atoms with Gasteiger partial charge in [-0.25, -0.2) is 9.78 Å². The Kier molecular flexibility index (Phi) is 5.19. The van der Waals surface area contributed by atoms with Crippen molar-refractivity contribution in [1.82, 2.24) is 20.2 Å². The van der Waals surface area contributed by atoms with Gasteiger partial charge >= 0.3 is 6.09 Å². The molecule has 10 nitrogen and oxygen atoms in total. The fraction of sp³-hybridized carbons (Fsp3) is 0.667. The van der Waals surface area contributed by atoms with E-state index < -0.39 is 6.09 Å². The lowest BCUT2D eigenvalue weighted by Gasteiger charge is -2.40. The maximum absolute atomic E-state index is 11.5. The lowest BCUT2D eigenvalue weighted by atomic mass is 10.1. The van der Waals surface area contributed by atoms with Crippen LogP contribution in [0.3, 0.4) is 0 Å². The Balaban J connectivity index is 1.66. The van der Waals surface area contributed by atoms with Crippen LogP contribution in [0.25, 0.3) is 0 Å². The quantitative estimate of drug-likeness (QED) is 0.660. The topological polar surface area (TPSA) is 129 Å². The minimum Gasteiger partial charge on any atom is -0.465 e. The third kappa shape index (κ3) is 3.31. The van der Waals surface area contributed by atoms with Gasteiger partial charge in [0.15, 0.2) is 0 Å². The number of rotatable bonds is 4. The molecule has 1 aromatic heterocycles. The predicted octanol–water partition coefficient (Wildman–Crippen LogP) is 0.123. The molecule has 10 heteroatoms. The van der Waals surface area contributed by atoms with Crippen LogP contribution in [-0.2, 0) is 13.1 Å². The second kappa shape index (κ2) is 7.77. The average molecular weight is 387 g/mol. The summed E-state index contributed by atoms with van der Waals surface area (Å²) in [6, 6.07) is 1.76. The van der Waals surface area contributed by atoms with Crippen LogP contribution in [-0.4, -0.2) is 76.0 Å². The lowest BCUT2D eigenvalue weighted by Crippen LogP contribution is -2.55. The Hall–Kier alpha value is -2.64. The highest BCUT2D eigenvalue weighted by Crippen LogP contribution is 2.31. The second-order valence-corrected chi connectivity index (χ2v) is 7.49. The molecule has 0 radical (unpaired) electrons. The van der Waals surface area contributed by atoms with E-state index in [1.165, 1.54) is 4.90 Å². The van der Waals surface area contributed by atoms with Crippen LogP contribution in [0.1, 0.15) is 30.5 Å². The van der Waals surface area contributed by atoms with Crippen molar-refractivity contribution in [3.63, 3.8) is 0 Å². The summed E-state index contributed by atoms with van der Waals surface area (Å²) in [6.45, 7) is 3.55. The number of nitriles is 1. The van der Waals surface area contributed by atoms with E-state index >= 15 is 0 Å². The number of carboxylic acid groups (broad SMARTS) is 1. The number of aliphatic hydroxyl groups excluding tert-OH is 1. The maximum atomic E-state index is 11.5. The molecular weight excluding hydrogens is 362 g/mol. The number of carbonyl (C=O) groups is 1. The molecule has 2 unspecified atom stereocenters. The fourth-order valence-corrected chi connectivity index (χ4v) is 4.40. The Morgan fingerprint density at radius 2 is 2.11 bits per heavy atom. The Morgan fingerprint density at radius 3 is 2.86 bits per heavy atom. The molecule has 3 aliphatic rings. The van der Waals surface area contributed by atoms with Crippen molar-refractivity contribution in [3.05, 3.63) is 11.3 Å². The Bertz CT molecular complexity index is 796. The number of aromatic nitrogens is 2. The molecule has 0 aromatic carbocycles. The maximum Gasteiger partial charge on any atom is 0.407 e. The van der Waals surface area contributed by atoms with E-state index in [4.69, 9.17) is 15.2 Å². The monoisotopic (exact) mass is 387 g/mol. The first kappa shape index (κ1) is 18.7. The third-order valence-electron chi connectivity index (χ3n) is 5.85. The fourth-order valence-electron chi connectivity index (χ4n) is 4.40. The number of piperazine rings is 1. The number of hydrogen-bond acceptors (Lipinski definition) is 8. The summed E-state index contributed by atoms with van der Waals surface area (Å²) in [4.78, 5) is 26.6. The van der Waals surface area contributed by atoms with E-state index in [0.717, 1.165) is 36.5 Å². The highest BCUT2D eigenvalue weighted by Gasteiger charge is 2.34. The minimum absolute atomic E-state index is 0.0375. The van der Waals surface area contributed by atoms with Crippen LogP contribution >= 0.6 is 0 Å². The molecule has 4 rings (SSSR count). The Morgan fingerprint density at radius 1 is 1.25 bits per heavy atom. The van der Waals surface area contributed by atoms with Crippen molar-refractivity contribution in [1.29, 1.82) is 5.26 Å². The van der Waals surface area contributed by atoms with Crippen molar-refractivity contribution in [2.75, 3.05) is 42.6 Å². The van der Waals surface area contributed by atoms with Gasteiger partial charge in [-0.05, 0) is 12.8 Å². The van der Waals surface area contributed by atoms with Crippen molar-refractivity contribution in [3.8, 4) is 6.07 Å². The van der Waals surface area contributed by atoms with E-state index in [2.05, 4.69) is 21.2 Å². The molecule has 0 aliphatic carbocycles. The van der Waals surface area contributed by atoms with Gasteiger partial charge in [0.25, 0.3) is 0 Å². The number of nitrogens with zero attached hydrogens (tertiary/aromatic N) is 6. The standard InChI is InChI=1S/C18H25N7O3/c19-4-3-12-10-23(6-7-25(12)18(27)28)16-14-8-20-9-15(14)21-17(22-16)24-5-1-2-13(24)11-26/h12-13,20,26H,1-3,5-11H2,(H,27,28). The zero-order valence-corrected chi connectivity index (χ0v) is 15.7. The molecule has 2 saturated heterocycles. The van der Waals surface area contributed by atoms with Crippen molar-refractivity contribution in [2.24, 2.45) is 0 Å². The normalized spacial score (nSPS) is 24.4. The molecule has 1 aromatic rings. The van der Waals surface area contributed by atoms with Gasteiger partial charge in [-0.2, -0.15) is 10.2 Å². The third-order valence-corrected chi connectivity index (χ3v) is 5.85. The first-order chi connectivity index (χ1) is 13.6. The Labute approximate surface area is 163 Å². The largest absolute Gasteiger partial charge is 0.465 e. The number of aliphatic hydroxyl groups is 1. The first-order valence-corrected chi connectivity index (χ1v) is 9.71. The molecule has 150 valence electrons. The van der Waals surface area contributed by atoms with Crippen molar-refractivity contribution in [2.45, 2.75) is 44.4 Å². The molecule has 2 atom stereocenters. The van der Waals surface area contributed by atoms with Crippen LogP contribution in [0, 0.1) is 11.3 Å². The number of anilines is 2. The summed E-state index contributed by atoms with van der Waals surface area (Å²) in [6.07, 6.45) is 1.09. The van der Waals surface area contributed by atoms with Crippen molar-refractivity contribution >= 4 is 17.9 Å². The van der Waals surface area contributed by atoms with Crippen molar-refractivity contribution < 1.29 is 15.0 Å². The summed E-state index contributed by atoms with van der Waals surface area (Å²) in [5, 5.41) is 31.5. The second-order valence-electron chi connectivity index (χ2n) is 7.49. The van der Waals surface area contributed by atoms with E-state index in [1.54, 1.807) is 0 Å². The molecule has 28 heavy (non-hydrogen) atoms. The van der Waals surface area contributed by atoms with Gasteiger partial charge in [0, 0.05) is 44.8 Å². The number of amides is 1. The predicted molar refractivity (Wildman–Crippen MR) is 101 cm³/mol. The summed E-state index contributed by atoms with van der Waals surface area (Å²) in [7, 11) is 0. The van der Waals surface area contributed by atoms with Gasteiger partial charge in [0.2, 0.25) is 5.95 Å². The van der Waals surface area contributed by atoms with Crippen LogP contribution in [0.4, 0.5) is 16.6 Å². The summed E-state index contributed by atoms with van der Waals surface area (Å²) in [5.41, 5.74) is 2.00. The molecule has 0 bridgehead atoms. The molecule has 3 N–H and O–H groups in total. The summed E-state index contributed by atoms with van der Waals surface area (Å²) < 4.78 is 0. The molecule has 1 amide bonds. The van der Waals surface area contributed by atoms with Gasteiger partial charge < -0.3 is 30.2 Å². The molecule has 0 spiro atoms. The highest BCUT2D eigenvalue weighted by molar-refractivity contribution is 5.66. The SMILES string of the molecule is N#CCC1CN(c2nc(N3CCCC3CO)nc3c2CNC3)CCN1C(=O)O. The molecule has 4 heterocycles. The van der Waals surface area contributed by atoms with Crippen LogP contribution in [0.2, 0.25) is 0 Å². The van der Waals surface area contributed by atoms with E-state index in [0.29, 0.717) is 38.7 Å². The van der Waals surface area contributed by atoms with Gasteiger partial charge in [-0.15, -0.1) is 0 Å². The highest BCUT2D eigenvalue weighted by atomic mass is 16.4. The molecular formula is C18H25N7O3. The number of fused-ring (bicyclic) bond motifs is 1. The zero-order valence-electron chi connectivity index (χ0n) is 15.7. The summed E-state index contributed by atoms with van der Waals surface area (Å²) in [5.74, 6) is 1.45. The summed E-state index contributed by atoms with van der Waals surface area (Å²) >= 11 is 0. The average Bonchev–Trinajstić information content (AvgIpc) is 3.36. The van der Waals surface area contributed by atoms with Crippen LogP contribution < -0.4 is 15.1 Å². The minimum atomic E-state index is -0.988. The first-order valence-electron chi connectivity index (χ1n) is 9.71.